The van der Waals surface area contributed by atoms with Gasteiger partial charge in [0, 0.05) is 24.7 Å². The van der Waals surface area contributed by atoms with Gasteiger partial charge in [0.25, 0.3) is 0 Å². The summed E-state index contributed by atoms with van der Waals surface area (Å²) in [5.41, 5.74) is 0.664. The largest absolute Gasteiger partial charge is 0.307 e. The lowest BCUT2D eigenvalue weighted by Gasteiger charge is -2.15. The third kappa shape index (κ3) is 2.47. The molecule has 1 aromatic heterocycles. The van der Waals surface area contributed by atoms with E-state index in [-0.39, 0.29) is 13.0 Å². The van der Waals surface area contributed by atoms with Crippen LogP contribution < -0.4 is 4.90 Å². The summed E-state index contributed by atoms with van der Waals surface area (Å²) in [4.78, 5) is 21.0. The summed E-state index contributed by atoms with van der Waals surface area (Å²) in [6.45, 7) is 3.20. The maximum absolute atomic E-state index is 12.9. The van der Waals surface area contributed by atoms with Crippen LogP contribution in [-0.2, 0) is 15.0 Å². The quantitative estimate of drug-likeness (QED) is 0.733. The Kier molecular flexibility index (Phi) is 3.05. The van der Waals surface area contributed by atoms with E-state index in [1.54, 1.807) is 19.9 Å². The predicted octanol–water partition coefficient (Wildman–Crippen LogP) is 0.498. The highest BCUT2D eigenvalue weighted by Crippen LogP contribution is 2.24. The number of nitrogens with zero attached hydrogens (tertiary/aromatic N) is 3. The maximum atomic E-state index is 12.9. The fourth-order valence-corrected chi connectivity index (χ4v) is 2.59. The lowest BCUT2D eigenvalue weighted by atomic mass is 10.4. The lowest BCUT2D eigenvalue weighted by Crippen LogP contribution is -2.28. The summed E-state index contributed by atoms with van der Waals surface area (Å²) < 4.78 is 34.5. The van der Waals surface area contributed by atoms with Gasteiger partial charge in [0.1, 0.15) is 16.9 Å². The van der Waals surface area contributed by atoms with Crippen LogP contribution in [0.1, 0.15) is 17.9 Å². The van der Waals surface area contributed by atoms with E-state index < -0.39 is 21.4 Å². The van der Waals surface area contributed by atoms with E-state index in [0.29, 0.717) is 17.3 Å². The van der Waals surface area contributed by atoms with Gasteiger partial charge in [-0.25, -0.2) is 9.97 Å². The molecule has 0 spiro atoms. The van der Waals surface area contributed by atoms with Gasteiger partial charge in [0.15, 0.2) is 0 Å². The highest BCUT2D eigenvalue weighted by atomic mass is 32.3. The summed E-state index contributed by atoms with van der Waals surface area (Å²) in [5, 5.41) is -1.31. The summed E-state index contributed by atoms with van der Waals surface area (Å²) in [6.07, 6.45) is -0.346. The van der Waals surface area contributed by atoms with Gasteiger partial charge in [-0.2, -0.15) is 8.42 Å². The number of aromatic nitrogens is 2. The van der Waals surface area contributed by atoms with Crippen molar-refractivity contribution >= 4 is 21.9 Å². The lowest BCUT2D eigenvalue weighted by molar-refractivity contribution is -0.117. The molecule has 98 valence electrons. The molecule has 8 heteroatoms. The van der Waals surface area contributed by atoms with Crippen molar-refractivity contribution in [2.45, 2.75) is 25.5 Å². The first-order chi connectivity index (χ1) is 8.27. The normalized spacial score (nSPS) is 20.5. The number of carbonyl (C=O) groups excluding carboxylic acids is 1. The molecule has 1 amide bonds. The fraction of sp³-hybridized carbons (Fsp3) is 0.500. The SMILES string of the molecule is Cc1cc(N2CC(S(=O)(=O)F)CC2=O)nc(C)n1. The number of carbonyl (C=O) groups is 1. The topological polar surface area (TPSA) is 80.2 Å². The summed E-state index contributed by atoms with van der Waals surface area (Å²) in [6, 6.07) is 1.57. The standard InChI is InChI=1S/C10H12FN3O3S/c1-6-3-9(13-7(2)12-6)14-5-8(4-10(14)15)18(11,16)17/h3,8H,4-5H2,1-2H3. The van der Waals surface area contributed by atoms with E-state index >= 15 is 0 Å². The Morgan fingerprint density at radius 1 is 1.39 bits per heavy atom. The van der Waals surface area contributed by atoms with Crippen molar-refractivity contribution in [3.8, 4) is 0 Å². The molecule has 1 fully saturated rings. The van der Waals surface area contributed by atoms with Gasteiger partial charge in [0.2, 0.25) is 5.91 Å². The van der Waals surface area contributed by atoms with Crippen LogP contribution in [0.5, 0.6) is 0 Å². The van der Waals surface area contributed by atoms with Gasteiger partial charge in [-0.15, -0.1) is 3.89 Å². The smallest absolute Gasteiger partial charge is 0.295 e. The third-order valence-electron chi connectivity index (χ3n) is 2.72. The van der Waals surface area contributed by atoms with Gasteiger partial charge in [0.05, 0.1) is 0 Å². The fourth-order valence-electron chi connectivity index (χ4n) is 1.92. The molecule has 0 aliphatic carbocycles. The second-order valence-electron chi connectivity index (χ2n) is 4.22. The number of amides is 1. The number of hydrogen-bond acceptors (Lipinski definition) is 5. The van der Waals surface area contributed by atoms with E-state index in [1.807, 2.05) is 0 Å². The van der Waals surface area contributed by atoms with Gasteiger partial charge in [-0.3, -0.25) is 9.69 Å². The van der Waals surface area contributed by atoms with Crippen LogP contribution in [0.2, 0.25) is 0 Å². The zero-order valence-electron chi connectivity index (χ0n) is 9.92. The van der Waals surface area contributed by atoms with Gasteiger partial charge >= 0.3 is 10.2 Å². The van der Waals surface area contributed by atoms with Crippen LogP contribution in [-0.4, -0.2) is 36.1 Å². The highest BCUT2D eigenvalue weighted by Gasteiger charge is 2.39. The van der Waals surface area contributed by atoms with E-state index in [4.69, 9.17) is 0 Å². The van der Waals surface area contributed by atoms with Crippen molar-refractivity contribution in [2.75, 3.05) is 11.4 Å². The molecule has 1 aromatic rings. The maximum Gasteiger partial charge on any atom is 0.307 e. The molecule has 1 aliphatic rings. The Morgan fingerprint density at radius 3 is 2.56 bits per heavy atom. The first kappa shape index (κ1) is 12.9. The minimum Gasteiger partial charge on any atom is -0.295 e. The summed E-state index contributed by atoms with van der Waals surface area (Å²) in [5.74, 6) is 0.347. The molecule has 1 aliphatic heterocycles. The molecule has 2 rings (SSSR count). The Hall–Kier alpha value is -1.57. The average Bonchev–Trinajstić information content (AvgIpc) is 2.58. The molecule has 2 heterocycles. The molecule has 1 atom stereocenters. The van der Waals surface area contributed by atoms with Crippen molar-refractivity contribution in [2.24, 2.45) is 0 Å². The van der Waals surface area contributed by atoms with Gasteiger partial charge < -0.3 is 0 Å². The van der Waals surface area contributed by atoms with Crippen LogP contribution in [0.25, 0.3) is 0 Å². The Morgan fingerprint density at radius 2 is 2.06 bits per heavy atom. The van der Waals surface area contributed by atoms with E-state index in [9.17, 15) is 17.1 Å². The monoisotopic (exact) mass is 273 g/mol. The molecule has 0 N–H and O–H groups in total. The molecule has 1 unspecified atom stereocenters. The van der Waals surface area contributed by atoms with Crippen LogP contribution in [0.15, 0.2) is 6.07 Å². The minimum absolute atomic E-state index is 0.201. The number of anilines is 1. The minimum atomic E-state index is -4.70. The molecule has 0 radical (unpaired) electrons. The predicted molar refractivity (Wildman–Crippen MR) is 62.3 cm³/mol. The summed E-state index contributed by atoms with van der Waals surface area (Å²) >= 11 is 0. The Balaban J connectivity index is 2.32. The van der Waals surface area contributed by atoms with Crippen molar-refractivity contribution in [1.29, 1.82) is 0 Å². The zero-order chi connectivity index (χ0) is 13.5. The second kappa shape index (κ2) is 4.27. The molecule has 0 saturated carbocycles. The van der Waals surface area contributed by atoms with Crippen LogP contribution in [0.4, 0.5) is 9.70 Å². The number of hydrogen-bond donors (Lipinski definition) is 0. The highest BCUT2D eigenvalue weighted by molar-refractivity contribution is 7.87. The van der Waals surface area contributed by atoms with Crippen molar-refractivity contribution < 1.29 is 17.1 Å². The molecular weight excluding hydrogens is 261 g/mol. The molecule has 18 heavy (non-hydrogen) atoms. The van der Waals surface area contributed by atoms with Crippen LogP contribution in [0.3, 0.4) is 0 Å². The molecule has 1 saturated heterocycles. The van der Waals surface area contributed by atoms with Crippen molar-refractivity contribution in [3.63, 3.8) is 0 Å². The Bertz CT molecular complexity index is 582. The molecule has 0 bridgehead atoms. The molecule has 6 nitrogen and oxygen atoms in total. The molecular formula is C10H12FN3O3S. The summed E-state index contributed by atoms with van der Waals surface area (Å²) in [7, 11) is -4.70. The van der Waals surface area contributed by atoms with Gasteiger partial charge in [-0.05, 0) is 13.8 Å². The third-order valence-corrected chi connectivity index (χ3v) is 3.83. The number of rotatable bonds is 2. The van der Waals surface area contributed by atoms with Gasteiger partial charge in [-0.1, -0.05) is 0 Å². The number of aryl methyl sites for hydroxylation is 2. The van der Waals surface area contributed by atoms with E-state index in [2.05, 4.69) is 9.97 Å². The van der Waals surface area contributed by atoms with Crippen molar-refractivity contribution in [1.82, 2.24) is 9.97 Å². The molecule has 0 aromatic carbocycles. The zero-order valence-corrected chi connectivity index (χ0v) is 10.7. The van der Waals surface area contributed by atoms with E-state index in [0.717, 1.165) is 0 Å². The average molecular weight is 273 g/mol. The van der Waals surface area contributed by atoms with Crippen LogP contribution in [0, 0.1) is 13.8 Å². The first-order valence-corrected chi connectivity index (χ1v) is 6.78. The second-order valence-corrected chi connectivity index (χ2v) is 5.84. The van der Waals surface area contributed by atoms with Crippen LogP contribution >= 0.6 is 0 Å². The van der Waals surface area contributed by atoms with Crippen molar-refractivity contribution in [3.05, 3.63) is 17.6 Å². The Labute approximate surface area is 104 Å². The van der Waals surface area contributed by atoms with E-state index in [1.165, 1.54) is 4.90 Å². The first-order valence-electron chi connectivity index (χ1n) is 5.33. The number of halogens is 1.